The number of fused-ring (bicyclic) bond motifs is 4. The molecule has 232 valence electrons. The molecule has 1 aromatic heterocycles. The topological polar surface area (TPSA) is 102 Å². The minimum absolute atomic E-state index is 0.0358. The normalized spacial score (nSPS) is 30.5. The molecule has 7 rings (SSSR count). The fraction of sp³-hybridized carbons (Fsp3) is 0.613. The molecule has 2 atom stereocenters. The van der Waals surface area contributed by atoms with E-state index in [1.807, 2.05) is 13.8 Å². The summed E-state index contributed by atoms with van der Waals surface area (Å²) in [7, 11) is 1.39. The molecule has 0 spiro atoms. The van der Waals surface area contributed by atoms with E-state index in [2.05, 4.69) is 5.10 Å². The lowest BCUT2D eigenvalue weighted by Gasteiger charge is -2.51. The van der Waals surface area contributed by atoms with Crippen molar-refractivity contribution in [2.75, 3.05) is 13.7 Å². The number of methoxy groups -OCH3 is 1. The molecule has 2 aromatic rings. The molecule has 0 saturated heterocycles. The number of carboxylic acid groups (broad SMARTS) is 1. The molecule has 1 N–H and O–H groups in total. The number of aromatic nitrogens is 2. The summed E-state index contributed by atoms with van der Waals surface area (Å²) in [6, 6.07) is 4.72. The van der Waals surface area contributed by atoms with Crippen LogP contribution in [0.25, 0.3) is 0 Å². The van der Waals surface area contributed by atoms with Gasteiger partial charge in [0.25, 0.3) is 5.91 Å². The van der Waals surface area contributed by atoms with Crippen molar-refractivity contribution in [2.45, 2.75) is 88.9 Å². The SMILES string of the molecule is COc1cccc(Cl)c1C(=O)CN(C(=O)c1cnn(C23CCC(C(=O)O)(CC2)CC3)c1C(F)(F)F)C12CCCC1C2(C)C. The van der Waals surface area contributed by atoms with Crippen LogP contribution in [-0.2, 0) is 16.5 Å². The summed E-state index contributed by atoms with van der Waals surface area (Å²) < 4.78 is 51.1. The first-order valence-corrected chi connectivity index (χ1v) is 15.1. The Hall–Kier alpha value is -3.08. The summed E-state index contributed by atoms with van der Waals surface area (Å²) in [5.41, 5.74) is -4.79. The number of hydrogen-bond acceptors (Lipinski definition) is 5. The van der Waals surface area contributed by atoms with Crippen LogP contribution in [0.15, 0.2) is 24.4 Å². The van der Waals surface area contributed by atoms with E-state index in [1.165, 1.54) is 18.1 Å². The number of ketones is 1. The summed E-state index contributed by atoms with van der Waals surface area (Å²) in [5.74, 6) is -2.08. The van der Waals surface area contributed by atoms with E-state index in [4.69, 9.17) is 16.3 Å². The number of benzene rings is 1. The summed E-state index contributed by atoms with van der Waals surface area (Å²) in [6.45, 7) is 3.51. The van der Waals surface area contributed by atoms with Crippen LogP contribution in [0.4, 0.5) is 13.2 Å². The number of halogens is 4. The van der Waals surface area contributed by atoms with Crippen molar-refractivity contribution in [3.63, 3.8) is 0 Å². The fourth-order valence-electron chi connectivity index (χ4n) is 8.93. The number of alkyl halides is 3. The van der Waals surface area contributed by atoms with Gasteiger partial charge in [-0.3, -0.25) is 19.1 Å². The quantitative estimate of drug-likeness (QED) is 0.333. The van der Waals surface area contributed by atoms with Crippen molar-refractivity contribution in [3.8, 4) is 5.75 Å². The average molecular weight is 622 g/mol. The van der Waals surface area contributed by atoms with Crippen molar-refractivity contribution in [1.29, 1.82) is 0 Å². The second kappa shape index (κ2) is 9.71. The van der Waals surface area contributed by atoms with Gasteiger partial charge in [-0.05, 0) is 74.8 Å². The maximum Gasteiger partial charge on any atom is 0.433 e. The lowest BCUT2D eigenvalue weighted by molar-refractivity contribution is -0.163. The van der Waals surface area contributed by atoms with Crippen molar-refractivity contribution in [3.05, 3.63) is 46.2 Å². The number of nitrogens with zero attached hydrogens (tertiary/aromatic N) is 3. The van der Waals surface area contributed by atoms with Gasteiger partial charge in [0.1, 0.15) is 5.75 Å². The van der Waals surface area contributed by atoms with Crippen LogP contribution in [0, 0.1) is 16.7 Å². The van der Waals surface area contributed by atoms with Crippen LogP contribution in [0.5, 0.6) is 5.75 Å². The fourth-order valence-corrected chi connectivity index (χ4v) is 9.20. The van der Waals surface area contributed by atoms with Crippen LogP contribution in [0.3, 0.4) is 0 Å². The Morgan fingerprint density at radius 2 is 1.77 bits per heavy atom. The third-order valence-corrected chi connectivity index (χ3v) is 11.7. The molecule has 2 unspecified atom stereocenters. The van der Waals surface area contributed by atoms with Crippen LogP contribution in [0.1, 0.15) is 98.0 Å². The number of carbonyl (C=O) groups is 3. The zero-order chi connectivity index (χ0) is 31.2. The predicted molar refractivity (Wildman–Crippen MR) is 150 cm³/mol. The molecule has 43 heavy (non-hydrogen) atoms. The first kappa shape index (κ1) is 30.0. The molecule has 8 nitrogen and oxygen atoms in total. The maximum absolute atomic E-state index is 14.9. The number of carboxylic acids is 1. The van der Waals surface area contributed by atoms with E-state index < -0.39 is 63.5 Å². The predicted octanol–water partition coefficient (Wildman–Crippen LogP) is 6.60. The molecule has 5 aliphatic rings. The number of aliphatic carboxylic acids is 1. The summed E-state index contributed by atoms with van der Waals surface area (Å²) in [4.78, 5) is 41.5. The van der Waals surface area contributed by atoms with Crippen molar-refractivity contribution in [2.24, 2.45) is 16.7 Å². The van der Waals surface area contributed by atoms with Crippen LogP contribution in [0.2, 0.25) is 5.02 Å². The van der Waals surface area contributed by atoms with E-state index in [0.717, 1.165) is 23.7 Å². The van der Waals surface area contributed by atoms with E-state index in [1.54, 1.807) is 12.1 Å². The monoisotopic (exact) mass is 621 g/mol. The van der Waals surface area contributed by atoms with E-state index in [0.29, 0.717) is 6.42 Å². The highest BCUT2D eigenvalue weighted by molar-refractivity contribution is 6.34. The zero-order valence-electron chi connectivity index (χ0n) is 24.4. The number of Topliss-reactive ketones (excluding diaryl/α,β-unsaturated/α-hetero) is 1. The minimum atomic E-state index is -4.91. The van der Waals surface area contributed by atoms with E-state index in [9.17, 15) is 32.7 Å². The molecule has 5 aliphatic carbocycles. The van der Waals surface area contributed by atoms with Gasteiger partial charge in [0, 0.05) is 0 Å². The number of carbonyl (C=O) groups excluding carboxylic acids is 2. The largest absolute Gasteiger partial charge is 0.496 e. The second-order valence-corrected chi connectivity index (χ2v) is 13.8. The molecule has 5 saturated carbocycles. The van der Waals surface area contributed by atoms with Crippen LogP contribution >= 0.6 is 11.6 Å². The average Bonchev–Trinajstić information content (AvgIpc) is 3.42. The lowest BCUT2D eigenvalue weighted by atomic mass is 9.57. The summed E-state index contributed by atoms with van der Waals surface area (Å²) in [5, 5.41) is 14.1. The van der Waals surface area contributed by atoms with Gasteiger partial charge >= 0.3 is 12.1 Å². The van der Waals surface area contributed by atoms with Gasteiger partial charge in [0.15, 0.2) is 11.5 Å². The highest BCUT2D eigenvalue weighted by Crippen LogP contribution is 2.73. The maximum atomic E-state index is 14.9. The van der Waals surface area contributed by atoms with Gasteiger partial charge in [-0.1, -0.05) is 37.9 Å². The number of ether oxygens (including phenoxy) is 1. The number of amides is 1. The number of rotatable bonds is 8. The Labute approximate surface area is 252 Å². The van der Waals surface area contributed by atoms with Gasteiger partial charge in [-0.25, -0.2) is 0 Å². The molecule has 0 radical (unpaired) electrons. The highest BCUT2D eigenvalue weighted by Gasteiger charge is 2.76. The molecular weight excluding hydrogens is 587 g/mol. The minimum Gasteiger partial charge on any atom is -0.496 e. The third kappa shape index (κ3) is 4.16. The van der Waals surface area contributed by atoms with Crippen LogP contribution in [-0.4, -0.2) is 56.6 Å². The molecule has 12 heteroatoms. The Balaban J connectivity index is 1.42. The molecular formula is C31H35ClF3N3O5. The van der Waals surface area contributed by atoms with Crippen LogP contribution < -0.4 is 4.74 Å². The van der Waals surface area contributed by atoms with Gasteiger partial charge in [0.05, 0.1) is 52.5 Å². The summed E-state index contributed by atoms with van der Waals surface area (Å²) in [6.07, 6.45) is -0.324. The lowest BCUT2D eigenvalue weighted by Crippen LogP contribution is -2.52. The third-order valence-electron chi connectivity index (χ3n) is 11.4. The zero-order valence-corrected chi connectivity index (χ0v) is 25.1. The highest BCUT2D eigenvalue weighted by atomic mass is 35.5. The first-order valence-electron chi connectivity index (χ1n) is 14.7. The molecule has 2 bridgehead atoms. The molecule has 0 aliphatic heterocycles. The van der Waals surface area contributed by atoms with E-state index in [-0.39, 0.29) is 60.8 Å². The first-order chi connectivity index (χ1) is 20.2. The van der Waals surface area contributed by atoms with Crippen molar-refractivity contribution >= 4 is 29.3 Å². The molecule has 1 amide bonds. The van der Waals surface area contributed by atoms with Gasteiger partial charge in [-0.15, -0.1) is 0 Å². The molecule has 5 fully saturated rings. The van der Waals surface area contributed by atoms with Gasteiger partial charge in [0.2, 0.25) is 0 Å². The Bertz CT molecular complexity index is 1490. The Kier molecular flexibility index (Phi) is 6.77. The summed E-state index contributed by atoms with van der Waals surface area (Å²) >= 11 is 6.38. The van der Waals surface area contributed by atoms with Gasteiger partial charge < -0.3 is 14.7 Å². The van der Waals surface area contributed by atoms with E-state index >= 15 is 0 Å². The molecule has 1 aromatic carbocycles. The molecule has 1 heterocycles. The number of hydrogen-bond donors (Lipinski definition) is 1. The smallest absolute Gasteiger partial charge is 0.433 e. The Morgan fingerprint density at radius 3 is 2.30 bits per heavy atom. The van der Waals surface area contributed by atoms with Crippen molar-refractivity contribution in [1.82, 2.24) is 14.7 Å². The Morgan fingerprint density at radius 1 is 1.12 bits per heavy atom. The standard InChI is InChI=1S/C31H35ClF3N3O5/c1-27(2)22-8-5-9-30(22,27)37(17-20(39)23-19(32)6-4-7-21(23)43-3)25(40)18-16-36-38(24(18)31(33,34)35)29-13-10-28(11-14-29,12-15-29)26(41)42/h4,6-7,16,22H,5,8-15,17H2,1-3H3,(H,41,42). The van der Waals surface area contributed by atoms with Gasteiger partial charge in [-0.2, -0.15) is 18.3 Å². The second-order valence-electron chi connectivity index (χ2n) is 13.3. The van der Waals surface area contributed by atoms with Crippen molar-refractivity contribution < 1.29 is 37.4 Å².